The molecule has 2 radical (unpaired) electrons. The van der Waals surface area contributed by atoms with Crippen LogP contribution in [0, 0.1) is 0 Å². The van der Waals surface area contributed by atoms with E-state index in [-0.39, 0.29) is 0 Å². The van der Waals surface area contributed by atoms with Crippen LogP contribution in [0.25, 0.3) is 0 Å². The van der Waals surface area contributed by atoms with Crippen molar-refractivity contribution in [3.05, 3.63) is 0 Å². The van der Waals surface area contributed by atoms with Crippen LogP contribution in [-0.4, -0.2) is 30.6 Å². The van der Waals surface area contributed by atoms with E-state index in [2.05, 4.69) is 9.24 Å². The molecule has 0 spiro atoms. The van der Waals surface area contributed by atoms with E-state index in [4.69, 9.17) is 24.5 Å². The van der Waals surface area contributed by atoms with Crippen molar-refractivity contribution in [2.75, 3.05) is 30.6 Å². The predicted molar refractivity (Wildman–Crippen MR) is 74.2 cm³/mol. The van der Waals surface area contributed by atoms with Crippen molar-refractivity contribution in [2.45, 2.75) is 0 Å². The topological polar surface area (TPSA) is 0 Å². The number of rotatable bonds is 3. The molecule has 0 bridgehead atoms. The van der Waals surface area contributed by atoms with Gasteiger partial charge in [-0.25, -0.2) is 0 Å². The molecule has 3 unspecified atom stereocenters. The van der Waals surface area contributed by atoms with E-state index < -0.39 is 6.15 Å². The molecule has 1 saturated heterocycles. The summed E-state index contributed by atoms with van der Waals surface area (Å²) in [5.41, 5.74) is 0. The summed E-state index contributed by atoms with van der Waals surface area (Å²) in [6.07, 6.45) is 4.06. The van der Waals surface area contributed by atoms with Gasteiger partial charge in [-0.3, -0.25) is 0 Å². The first-order chi connectivity index (χ1) is 5.20. The molecule has 1 aliphatic heterocycles. The van der Waals surface area contributed by atoms with Crippen molar-refractivity contribution in [1.29, 1.82) is 0 Å². The molecule has 0 aromatic rings. The van der Waals surface area contributed by atoms with Crippen LogP contribution in [0.15, 0.2) is 0 Å². The van der Waals surface area contributed by atoms with Crippen molar-refractivity contribution >= 4 is 55.3 Å². The Labute approximate surface area is 85.7 Å². The summed E-state index contributed by atoms with van der Waals surface area (Å²) in [6.45, 7) is 0. The van der Waals surface area contributed by atoms with Crippen LogP contribution in [0.5, 0.6) is 0 Å². The van der Waals surface area contributed by atoms with E-state index >= 15 is 0 Å². The van der Waals surface area contributed by atoms with E-state index in [9.17, 15) is 0 Å². The minimum absolute atomic E-state index is 0.350. The number of hydrogen-bond donors (Lipinski definition) is 0. The molecule has 3 atom stereocenters. The molecular formula is C5H15P4S2-. The maximum absolute atomic E-state index is 5.64. The van der Waals surface area contributed by atoms with Gasteiger partial charge in [-0.1, -0.05) is 0 Å². The Morgan fingerprint density at radius 3 is 2.82 bits per heavy atom. The van der Waals surface area contributed by atoms with Gasteiger partial charge in [0.1, 0.15) is 0 Å². The standard InChI is InChI=1S/C5H15P4S2/c6-1-2-8-3-4-9(11,5-8)7-10/h7H,1-6,9H2/q-1. The molecule has 6 heteroatoms. The first kappa shape index (κ1) is 11.5. The molecule has 0 aliphatic carbocycles. The Bertz CT molecular complexity index is 134. The molecule has 1 rings (SSSR count). The van der Waals surface area contributed by atoms with E-state index in [1.165, 1.54) is 30.6 Å². The second kappa shape index (κ2) is 5.34. The first-order valence-electron chi connectivity index (χ1n) is 3.90. The summed E-state index contributed by atoms with van der Waals surface area (Å²) in [5.74, 6) is 1.44. The van der Waals surface area contributed by atoms with E-state index in [1.807, 2.05) is 0 Å². The van der Waals surface area contributed by atoms with Gasteiger partial charge in [-0.2, -0.15) is 0 Å². The molecule has 0 aromatic carbocycles. The molecule has 0 aromatic heterocycles. The van der Waals surface area contributed by atoms with Crippen molar-refractivity contribution in [3.8, 4) is 0 Å². The van der Waals surface area contributed by atoms with Crippen LogP contribution >= 0.6 is 55.3 Å². The summed E-state index contributed by atoms with van der Waals surface area (Å²) in [4.78, 5) is 0. The van der Waals surface area contributed by atoms with Gasteiger partial charge in [0.15, 0.2) is 0 Å². The zero-order chi connectivity index (χ0) is 8.32. The van der Waals surface area contributed by atoms with Crippen LogP contribution in [0.2, 0.25) is 0 Å². The van der Waals surface area contributed by atoms with Crippen molar-refractivity contribution in [1.82, 2.24) is 0 Å². The summed E-state index contributed by atoms with van der Waals surface area (Å²) in [7, 11) is 3.90. The monoisotopic (exact) mass is 263 g/mol. The molecule has 1 aliphatic rings. The van der Waals surface area contributed by atoms with Crippen LogP contribution in [0.1, 0.15) is 0 Å². The molecule has 1 heterocycles. The second-order valence-corrected chi connectivity index (χ2v) is 20.6. The van der Waals surface area contributed by atoms with Gasteiger partial charge in [0, 0.05) is 0 Å². The van der Waals surface area contributed by atoms with Gasteiger partial charge in [0.25, 0.3) is 0 Å². The minimum atomic E-state index is -1.49. The van der Waals surface area contributed by atoms with Gasteiger partial charge in [-0.15, -0.1) is 0 Å². The quantitative estimate of drug-likeness (QED) is 0.682. The Morgan fingerprint density at radius 2 is 2.36 bits per heavy atom. The van der Waals surface area contributed by atoms with Gasteiger partial charge in [-0.05, 0) is 0 Å². The fourth-order valence-corrected chi connectivity index (χ4v) is 22.7. The van der Waals surface area contributed by atoms with Crippen LogP contribution in [-0.2, 0) is 0 Å². The van der Waals surface area contributed by atoms with Crippen molar-refractivity contribution in [2.24, 2.45) is 0 Å². The third-order valence-corrected chi connectivity index (χ3v) is 23.6. The third kappa shape index (κ3) is 3.58. The zero-order valence-electron chi connectivity index (χ0n) is 6.45. The molecule has 1 fully saturated rings. The number of hydrogen-bond acceptors (Lipinski definition) is 0. The molecule has 68 valence electrons. The third-order valence-electron chi connectivity index (χ3n) is 2.12. The SMILES string of the molecule is PCCP1CC[PH2-]([S])(P[S])C1. The van der Waals surface area contributed by atoms with Gasteiger partial charge < -0.3 is 0 Å². The van der Waals surface area contributed by atoms with E-state index in [0.29, 0.717) is 7.92 Å². The average Bonchev–Trinajstić information content (AvgIpc) is 2.35. The van der Waals surface area contributed by atoms with Crippen LogP contribution < -0.4 is 0 Å². The van der Waals surface area contributed by atoms with Crippen LogP contribution in [0.3, 0.4) is 0 Å². The second-order valence-electron chi connectivity index (χ2n) is 3.14. The Kier molecular flexibility index (Phi) is 5.58. The molecule has 0 amide bonds. The summed E-state index contributed by atoms with van der Waals surface area (Å²) < 4.78 is 0. The van der Waals surface area contributed by atoms with Gasteiger partial charge in [0.05, 0.1) is 0 Å². The molecule has 0 nitrogen and oxygen atoms in total. The fourth-order valence-electron chi connectivity index (χ4n) is 1.47. The molecule has 11 heavy (non-hydrogen) atoms. The predicted octanol–water partition coefficient (Wildman–Crippen LogP) is 3.62. The van der Waals surface area contributed by atoms with Crippen molar-refractivity contribution in [3.63, 3.8) is 0 Å². The summed E-state index contributed by atoms with van der Waals surface area (Å²) in [5, 5.41) is 0. The Hall–Kier alpha value is 2.42. The molecule has 0 N–H and O–H groups in total. The Morgan fingerprint density at radius 1 is 1.64 bits per heavy atom. The van der Waals surface area contributed by atoms with E-state index in [0.717, 1.165) is 7.47 Å². The Balaban J connectivity index is 2.33. The molecule has 0 saturated carbocycles. The first-order valence-corrected chi connectivity index (χ1v) is 14.1. The molecular weight excluding hydrogens is 248 g/mol. The zero-order valence-corrected chi connectivity index (χ0v) is 12.3. The van der Waals surface area contributed by atoms with Crippen LogP contribution in [0.4, 0.5) is 0 Å². The normalized spacial score (nSPS) is 33.2. The van der Waals surface area contributed by atoms with Crippen molar-refractivity contribution < 1.29 is 0 Å². The van der Waals surface area contributed by atoms with E-state index in [1.54, 1.807) is 0 Å². The van der Waals surface area contributed by atoms with Gasteiger partial charge in [0.2, 0.25) is 0 Å². The maximum atomic E-state index is 5.64. The average molecular weight is 263 g/mol. The summed E-state index contributed by atoms with van der Waals surface area (Å²) >= 11 is 10.8. The van der Waals surface area contributed by atoms with Gasteiger partial charge >= 0.3 is 85.8 Å². The summed E-state index contributed by atoms with van der Waals surface area (Å²) in [6, 6.07) is 0. The fraction of sp³-hybridized carbons (Fsp3) is 1.00.